The molecule has 1 saturated heterocycles. The van der Waals surface area contributed by atoms with Gasteiger partial charge < -0.3 is 39.4 Å². The largest absolute Gasteiger partial charge is 0.507 e. The van der Waals surface area contributed by atoms with E-state index in [0.29, 0.717) is 37.4 Å². The van der Waals surface area contributed by atoms with Crippen LogP contribution in [0.15, 0.2) is 54.1 Å². The number of Topliss-reactive ketones (excluding diaryl/α,β-unsaturated/α-hetero) is 2. The van der Waals surface area contributed by atoms with Crippen molar-refractivity contribution in [2.45, 2.75) is 50.2 Å². The van der Waals surface area contributed by atoms with E-state index in [0.717, 1.165) is 0 Å². The summed E-state index contributed by atoms with van der Waals surface area (Å²) in [5.41, 5.74) is -1.77. The second-order valence-corrected chi connectivity index (χ2v) is 12.7. The van der Waals surface area contributed by atoms with Gasteiger partial charge in [0.05, 0.1) is 21.3 Å². The first-order valence-corrected chi connectivity index (χ1v) is 16.2. The molecule has 0 bridgehead atoms. The molecule has 6 rings (SSSR count). The number of rotatable bonds is 9. The molecule has 3 aromatic rings. The molecular weight excluding hydrogens is 656 g/mol. The third-order valence-corrected chi connectivity index (χ3v) is 9.91. The SMILES string of the molecule is COc1cc(C(CC(=O)NC2CCN(c3ncccn3)CC2)C2=C(O)C3(Oc4c(Cl)c(OC)cc(OC)c4C3=O)C(C)CC2=O)ccc1O. The van der Waals surface area contributed by atoms with E-state index in [4.69, 9.17) is 30.5 Å². The van der Waals surface area contributed by atoms with Crippen LogP contribution in [0, 0.1) is 5.92 Å². The van der Waals surface area contributed by atoms with Gasteiger partial charge in [0.25, 0.3) is 0 Å². The van der Waals surface area contributed by atoms with Crippen LogP contribution in [0.25, 0.3) is 0 Å². The van der Waals surface area contributed by atoms with Crippen molar-refractivity contribution in [3.8, 4) is 28.7 Å². The minimum atomic E-state index is -2.03. The number of aliphatic hydroxyl groups is 1. The number of ketones is 2. The summed E-state index contributed by atoms with van der Waals surface area (Å²) in [6, 6.07) is 7.48. The van der Waals surface area contributed by atoms with E-state index in [1.54, 1.807) is 31.5 Å². The van der Waals surface area contributed by atoms with Crippen molar-refractivity contribution in [1.29, 1.82) is 0 Å². The summed E-state index contributed by atoms with van der Waals surface area (Å²) in [6.07, 6.45) is 4.21. The molecule has 1 fully saturated rings. The number of anilines is 1. The highest BCUT2D eigenvalue weighted by Gasteiger charge is 2.61. The van der Waals surface area contributed by atoms with E-state index in [2.05, 4.69) is 15.3 Å². The highest BCUT2D eigenvalue weighted by molar-refractivity contribution is 6.35. The summed E-state index contributed by atoms with van der Waals surface area (Å²) in [5.74, 6) is -3.09. The number of nitrogens with one attached hydrogen (secondary N) is 1. The lowest BCUT2D eigenvalue weighted by atomic mass is 9.69. The van der Waals surface area contributed by atoms with Crippen LogP contribution >= 0.6 is 11.6 Å². The second-order valence-electron chi connectivity index (χ2n) is 12.3. The number of carbonyl (C=O) groups excluding carboxylic acids is 3. The van der Waals surface area contributed by atoms with Crippen molar-refractivity contribution in [3.05, 3.63) is 70.2 Å². The number of phenolic OH excluding ortho intramolecular Hbond substituents is 1. The van der Waals surface area contributed by atoms with Crippen molar-refractivity contribution in [3.63, 3.8) is 0 Å². The van der Waals surface area contributed by atoms with Gasteiger partial charge in [-0.05, 0) is 36.6 Å². The summed E-state index contributed by atoms with van der Waals surface area (Å²) >= 11 is 6.60. The highest BCUT2D eigenvalue weighted by atomic mass is 35.5. The number of amides is 1. The standard InChI is InChI=1S/C35H37ClN4O9/c1-18-14-23(42)28(32(44)35(18)33(45)29-25(47-3)17-26(48-4)30(36)31(29)49-35)21(19-6-7-22(41)24(15-19)46-2)16-27(43)39-20-8-12-40(13-9-20)34-37-10-5-11-38-34/h5-7,10-11,15,17-18,20-21,41,44H,8-9,12-14,16H2,1-4H3,(H,39,43). The molecule has 13 nitrogen and oxygen atoms in total. The number of methoxy groups -OCH3 is 3. The van der Waals surface area contributed by atoms with Crippen LogP contribution in [0.5, 0.6) is 28.7 Å². The minimum Gasteiger partial charge on any atom is -0.507 e. The summed E-state index contributed by atoms with van der Waals surface area (Å²) in [6.45, 7) is 2.90. The van der Waals surface area contributed by atoms with Gasteiger partial charge in [0, 0.05) is 67.8 Å². The van der Waals surface area contributed by atoms with Gasteiger partial charge in [-0.15, -0.1) is 0 Å². The van der Waals surface area contributed by atoms with E-state index >= 15 is 0 Å². The predicted octanol–water partition coefficient (Wildman–Crippen LogP) is 4.56. The summed E-state index contributed by atoms with van der Waals surface area (Å²) < 4.78 is 22.5. The molecule has 1 aliphatic carbocycles. The maximum absolute atomic E-state index is 14.3. The number of ether oxygens (including phenoxy) is 4. The smallest absolute Gasteiger partial charge is 0.231 e. The van der Waals surface area contributed by atoms with Crippen LogP contribution in [0.3, 0.4) is 0 Å². The Kier molecular flexibility index (Phi) is 9.30. The number of nitrogens with zero attached hydrogens (tertiary/aromatic N) is 3. The van der Waals surface area contributed by atoms with E-state index in [1.807, 2.05) is 4.90 Å². The molecule has 3 unspecified atom stereocenters. The highest BCUT2D eigenvalue weighted by Crippen LogP contribution is 2.56. The van der Waals surface area contributed by atoms with Crippen LogP contribution < -0.4 is 29.2 Å². The van der Waals surface area contributed by atoms with Gasteiger partial charge >= 0.3 is 0 Å². The van der Waals surface area contributed by atoms with E-state index in [1.165, 1.54) is 39.5 Å². The Morgan fingerprint density at radius 1 is 1.06 bits per heavy atom. The molecule has 3 aliphatic rings. The first kappa shape index (κ1) is 33.8. The Balaban J connectivity index is 1.36. The molecule has 0 saturated carbocycles. The van der Waals surface area contributed by atoms with Gasteiger partial charge in [-0.3, -0.25) is 14.4 Å². The quantitative estimate of drug-likeness (QED) is 0.286. The number of hydrogen-bond acceptors (Lipinski definition) is 12. The van der Waals surface area contributed by atoms with Gasteiger partial charge in [-0.25, -0.2) is 9.97 Å². The number of piperidine rings is 1. The average molecular weight is 693 g/mol. The van der Waals surface area contributed by atoms with Gasteiger partial charge in [0.1, 0.15) is 22.1 Å². The Bertz CT molecular complexity index is 1830. The van der Waals surface area contributed by atoms with Crippen LogP contribution in [0.1, 0.15) is 54.4 Å². The number of aliphatic hydroxyl groups excluding tert-OH is 1. The zero-order valence-corrected chi connectivity index (χ0v) is 28.2. The fraction of sp³-hybridized carbons (Fsp3) is 0.400. The number of phenols is 1. The first-order chi connectivity index (χ1) is 23.5. The zero-order chi connectivity index (χ0) is 35.0. The Morgan fingerprint density at radius 2 is 1.73 bits per heavy atom. The Morgan fingerprint density at radius 3 is 2.39 bits per heavy atom. The molecule has 14 heteroatoms. The average Bonchev–Trinajstić information content (AvgIpc) is 3.42. The number of aromatic nitrogens is 2. The molecule has 258 valence electrons. The lowest BCUT2D eigenvalue weighted by Crippen LogP contribution is -2.53. The number of benzene rings is 2. The maximum Gasteiger partial charge on any atom is 0.231 e. The molecule has 2 aliphatic heterocycles. The molecule has 1 spiro atoms. The van der Waals surface area contributed by atoms with E-state index < -0.39 is 34.8 Å². The fourth-order valence-corrected chi connectivity index (χ4v) is 7.25. The third-order valence-electron chi connectivity index (χ3n) is 9.55. The van der Waals surface area contributed by atoms with Crippen molar-refractivity contribution in [1.82, 2.24) is 15.3 Å². The van der Waals surface area contributed by atoms with Gasteiger partial charge in [0.2, 0.25) is 23.2 Å². The zero-order valence-electron chi connectivity index (χ0n) is 27.5. The Labute approximate surface area is 287 Å². The van der Waals surface area contributed by atoms with E-state index in [9.17, 15) is 24.6 Å². The van der Waals surface area contributed by atoms with Crippen molar-refractivity contribution >= 4 is 35.0 Å². The van der Waals surface area contributed by atoms with Crippen molar-refractivity contribution < 1.29 is 43.5 Å². The first-order valence-electron chi connectivity index (χ1n) is 15.9. The van der Waals surface area contributed by atoms with Crippen LogP contribution in [0.4, 0.5) is 5.95 Å². The minimum absolute atomic E-state index is 0.00560. The molecule has 1 aromatic heterocycles. The number of fused-ring (bicyclic) bond motifs is 1. The van der Waals surface area contributed by atoms with Crippen molar-refractivity contribution in [2.75, 3.05) is 39.3 Å². The number of hydrogen-bond donors (Lipinski definition) is 3. The van der Waals surface area contributed by atoms with Crippen molar-refractivity contribution in [2.24, 2.45) is 5.92 Å². The molecule has 3 atom stereocenters. The maximum atomic E-state index is 14.3. The molecule has 2 aromatic carbocycles. The third kappa shape index (κ3) is 5.85. The van der Waals surface area contributed by atoms with Gasteiger partial charge in [-0.2, -0.15) is 0 Å². The lowest BCUT2D eigenvalue weighted by Gasteiger charge is -2.39. The number of aromatic hydroxyl groups is 1. The normalized spacial score (nSPS) is 21.3. The second kappa shape index (κ2) is 13.5. The molecule has 0 radical (unpaired) electrons. The topological polar surface area (TPSA) is 170 Å². The van der Waals surface area contributed by atoms with Gasteiger partial charge in [-0.1, -0.05) is 24.6 Å². The Hall–Kier alpha value is -5.04. The molecule has 3 heterocycles. The number of halogens is 1. The van der Waals surface area contributed by atoms with Crippen LogP contribution in [-0.2, 0) is 9.59 Å². The summed E-state index contributed by atoms with van der Waals surface area (Å²) in [4.78, 5) is 52.7. The van der Waals surface area contributed by atoms with E-state index in [-0.39, 0.29) is 69.7 Å². The lowest BCUT2D eigenvalue weighted by molar-refractivity contribution is -0.122. The number of allylic oxidation sites excluding steroid dienone is 1. The molecular formula is C35H37ClN4O9. The molecule has 3 N–H and O–H groups in total. The summed E-state index contributed by atoms with van der Waals surface area (Å²) in [5, 5.41) is 25.6. The number of carbonyl (C=O) groups is 3. The predicted molar refractivity (Wildman–Crippen MR) is 178 cm³/mol. The fourth-order valence-electron chi connectivity index (χ4n) is 6.99. The molecule has 49 heavy (non-hydrogen) atoms. The van der Waals surface area contributed by atoms with Crippen LogP contribution in [-0.4, -0.2) is 83.7 Å². The van der Waals surface area contributed by atoms with Gasteiger partial charge in [0.15, 0.2) is 28.8 Å². The summed E-state index contributed by atoms with van der Waals surface area (Å²) in [7, 11) is 4.15. The molecule has 1 amide bonds. The monoisotopic (exact) mass is 692 g/mol. The van der Waals surface area contributed by atoms with Crippen LogP contribution in [0.2, 0.25) is 5.02 Å².